The van der Waals surface area contributed by atoms with Crippen molar-refractivity contribution in [1.29, 1.82) is 10.5 Å². The lowest BCUT2D eigenvalue weighted by Gasteiger charge is -2.27. The van der Waals surface area contributed by atoms with E-state index in [0.29, 0.717) is 33.9 Å². The number of aromatic nitrogens is 4. The normalized spacial score (nSPS) is 11.6. The van der Waals surface area contributed by atoms with Gasteiger partial charge in [-0.15, -0.1) is 0 Å². The summed E-state index contributed by atoms with van der Waals surface area (Å²) in [7, 11) is 0. The Balaban J connectivity index is 1.32. The summed E-state index contributed by atoms with van der Waals surface area (Å²) >= 11 is 0. The van der Waals surface area contributed by atoms with Crippen LogP contribution in [0.2, 0.25) is 0 Å². The van der Waals surface area contributed by atoms with Crippen molar-refractivity contribution in [2.45, 2.75) is 0 Å². The smallest absolute Gasteiger partial charge is 0.202 e. The number of hydrogen-bond acceptors (Lipinski definition) is 2. The first kappa shape index (κ1) is 40.4. The lowest BCUT2D eigenvalue weighted by atomic mass is 9.90. The first-order valence-corrected chi connectivity index (χ1v) is 23.5. The molecule has 8 nitrogen and oxygen atoms in total. The van der Waals surface area contributed by atoms with Gasteiger partial charge in [-0.05, 0) is 60.7 Å². The van der Waals surface area contributed by atoms with Gasteiger partial charge in [-0.1, -0.05) is 146 Å². The molecule has 0 saturated carbocycles. The molecule has 0 spiro atoms. The van der Waals surface area contributed by atoms with Crippen LogP contribution in [0.15, 0.2) is 206 Å². The molecule has 0 unspecified atom stereocenters. The van der Waals surface area contributed by atoms with Gasteiger partial charge in [0, 0.05) is 54.2 Å². The summed E-state index contributed by atoms with van der Waals surface area (Å²) < 4.78 is 8.70. The molecule has 14 rings (SSSR count). The van der Waals surface area contributed by atoms with Crippen molar-refractivity contribution in [1.82, 2.24) is 18.3 Å². The first-order valence-electron chi connectivity index (χ1n) is 23.5. The molecule has 4 aromatic heterocycles. The topological polar surface area (TPSA) is 76.0 Å². The molecule has 72 heavy (non-hydrogen) atoms. The Bertz CT molecular complexity index is 4350. The van der Waals surface area contributed by atoms with E-state index in [1.54, 1.807) is 12.1 Å². The molecule has 0 aliphatic heterocycles. The third-order valence-corrected chi connectivity index (χ3v) is 14.5. The van der Waals surface area contributed by atoms with Crippen LogP contribution < -0.4 is 0 Å². The van der Waals surface area contributed by atoms with Gasteiger partial charge < -0.3 is 18.3 Å². The zero-order chi connectivity index (χ0) is 48.2. The fourth-order valence-electron chi connectivity index (χ4n) is 11.7. The van der Waals surface area contributed by atoms with Crippen LogP contribution in [-0.4, -0.2) is 18.3 Å². The molecule has 0 saturated heterocycles. The van der Waals surface area contributed by atoms with Gasteiger partial charge in [0.05, 0.1) is 97.2 Å². The summed E-state index contributed by atoms with van der Waals surface area (Å²) in [5.74, 6) is 0. The van der Waals surface area contributed by atoms with Crippen molar-refractivity contribution in [2.24, 2.45) is 0 Å². The maximum Gasteiger partial charge on any atom is 0.202 e. The Labute approximate surface area is 411 Å². The van der Waals surface area contributed by atoms with Gasteiger partial charge in [0.25, 0.3) is 0 Å². The third kappa shape index (κ3) is 5.41. The van der Waals surface area contributed by atoms with Gasteiger partial charge in [-0.3, -0.25) is 0 Å². The van der Waals surface area contributed by atoms with Crippen LogP contribution in [0, 0.1) is 35.8 Å². The largest absolute Gasteiger partial charge is 0.317 e. The highest BCUT2D eigenvalue weighted by molar-refractivity contribution is 6.17. The summed E-state index contributed by atoms with van der Waals surface area (Å²) in [5, 5.41) is 31.4. The minimum atomic E-state index is 0.179. The fraction of sp³-hybridized carbons (Fsp3) is 0. The molecule has 0 amide bonds. The summed E-state index contributed by atoms with van der Waals surface area (Å²) in [6.07, 6.45) is 0. The van der Waals surface area contributed by atoms with E-state index in [1.165, 1.54) is 0 Å². The fourth-order valence-corrected chi connectivity index (χ4v) is 11.7. The standard InChI is InChI=1S/C64H34N8/c1-67-49-36-50(68-2)62(70-53-29-13-5-21-43(53)44-22-6-14-30-54(44)70)64(72-57-33-17-9-25-47(57)48-26-10-18-34-58(48)72)60(49)59-39(37-65)35-40(38-66)61(69-51-27-11-3-19-41(51)42-20-4-12-28-52(42)69)63(59)71-55-31-15-7-23-45(55)46-24-8-16-32-56(46)71/h3-36H. The number of benzene rings is 10. The molecular formula is C64H34N8. The maximum atomic E-state index is 11.9. The second kappa shape index (κ2) is 15.4. The Morgan fingerprint density at radius 3 is 0.847 bits per heavy atom. The van der Waals surface area contributed by atoms with E-state index >= 15 is 0 Å². The number of rotatable bonds is 5. The van der Waals surface area contributed by atoms with Crippen molar-refractivity contribution < 1.29 is 0 Å². The predicted octanol–water partition coefficient (Wildman–Crippen LogP) is 16.6. The lowest BCUT2D eigenvalue weighted by molar-refractivity contribution is 1.08. The summed E-state index contributed by atoms with van der Waals surface area (Å²) in [6, 6.07) is 74.3. The number of hydrogen-bond donors (Lipinski definition) is 0. The monoisotopic (exact) mass is 914 g/mol. The molecule has 8 heteroatoms. The molecule has 0 N–H and O–H groups in total. The molecule has 0 bridgehead atoms. The molecule has 4 heterocycles. The summed E-state index contributed by atoms with van der Waals surface area (Å²) in [4.78, 5) is 8.70. The lowest BCUT2D eigenvalue weighted by Crippen LogP contribution is -2.12. The van der Waals surface area contributed by atoms with Crippen LogP contribution in [-0.2, 0) is 0 Å². The number of para-hydroxylation sites is 8. The number of fused-ring (bicyclic) bond motifs is 12. The second-order valence-corrected chi connectivity index (χ2v) is 18.0. The van der Waals surface area contributed by atoms with E-state index in [9.17, 15) is 17.1 Å². The van der Waals surface area contributed by atoms with Crippen LogP contribution in [0.5, 0.6) is 0 Å². The maximum absolute atomic E-state index is 11.9. The van der Waals surface area contributed by atoms with Crippen LogP contribution in [0.4, 0.5) is 11.4 Å². The van der Waals surface area contributed by atoms with Crippen molar-refractivity contribution in [2.75, 3.05) is 0 Å². The molecule has 0 fully saturated rings. The Hall–Kier alpha value is -10.6. The molecule has 0 aliphatic carbocycles. The Morgan fingerprint density at radius 1 is 0.292 bits per heavy atom. The molecule has 0 aliphatic rings. The molecule has 330 valence electrons. The van der Waals surface area contributed by atoms with Crippen LogP contribution in [0.25, 0.3) is 131 Å². The Kier molecular flexibility index (Phi) is 8.67. The summed E-state index contributed by atoms with van der Waals surface area (Å²) in [5.41, 5.74) is 10.9. The molecule has 10 aromatic carbocycles. The third-order valence-electron chi connectivity index (χ3n) is 14.5. The average molecular weight is 915 g/mol. The van der Waals surface area contributed by atoms with Crippen molar-refractivity contribution >= 4 is 98.6 Å². The average Bonchev–Trinajstić information content (AvgIpc) is 4.17. The Morgan fingerprint density at radius 2 is 0.556 bits per heavy atom. The molecule has 0 atom stereocenters. The van der Waals surface area contributed by atoms with E-state index in [2.05, 4.69) is 137 Å². The summed E-state index contributed by atoms with van der Waals surface area (Å²) in [6.45, 7) is 18.3. The van der Waals surface area contributed by atoms with Gasteiger partial charge in [-0.2, -0.15) is 10.5 Å². The van der Waals surface area contributed by atoms with Gasteiger partial charge in [0.2, 0.25) is 5.69 Å². The van der Waals surface area contributed by atoms with Gasteiger partial charge in [-0.25, -0.2) is 9.69 Å². The quantitative estimate of drug-likeness (QED) is 0.161. The minimum absolute atomic E-state index is 0.179. The zero-order valence-electron chi connectivity index (χ0n) is 38.2. The van der Waals surface area contributed by atoms with Crippen molar-refractivity contribution in [3.8, 4) is 46.0 Å². The van der Waals surface area contributed by atoms with E-state index in [4.69, 9.17) is 6.57 Å². The highest BCUT2D eigenvalue weighted by atomic mass is 15.1. The number of nitrogens with zero attached hydrogens (tertiary/aromatic N) is 8. The van der Waals surface area contributed by atoms with Crippen molar-refractivity contribution in [3.63, 3.8) is 0 Å². The van der Waals surface area contributed by atoms with Crippen LogP contribution in [0.3, 0.4) is 0 Å². The molecule has 14 aromatic rings. The first-order chi connectivity index (χ1) is 35.6. The molecule has 0 radical (unpaired) electrons. The minimum Gasteiger partial charge on any atom is -0.317 e. The highest BCUT2D eigenvalue weighted by Gasteiger charge is 2.34. The van der Waals surface area contributed by atoms with E-state index in [1.807, 2.05) is 97.1 Å². The van der Waals surface area contributed by atoms with Gasteiger partial charge in [0.1, 0.15) is 6.07 Å². The van der Waals surface area contributed by atoms with Crippen molar-refractivity contribution in [3.05, 3.63) is 240 Å². The SMILES string of the molecule is [C-]#[N+]c1cc([N+]#[C-])c(-n2c3ccccc3c3ccccc32)c(-n2c3ccccc3c3ccccc32)c1-c1c(C#N)cc(C#N)c(-n2c3ccccc3c3ccccc32)c1-n1c2ccccc2c2ccccc21. The molecular weight excluding hydrogens is 881 g/mol. The van der Waals surface area contributed by atoms with Crippen LogP contribution in [0.1, 0.15) is 11.1 Å². The van der Waals surface area contributed by atoms with Gasteiger partial charge in [0.15, 0.2) is 5.69 Å². The van der Waals surface area contributed by atoms with E-state index < -0.39 is 0 Å². The van der Waals surface area contributed by atoms with Crippen LogP contribution >= 0.6 is 0 Å². The predicted molar refractivity (Wildman–Crippen MR) is 291 cm³/mol. The second-order valence-electron chi connectivity index (χ2n) is 18.0. The van der Waals surface area contributed by atoms with Gasteiger partial charge >= 0.3 is 0 Å². The highest BCUT2D eigenvalue weighted by Crippen LogP contribution is 2.54. The van der Waals surface area contributed by atoms with E-state index in [-0.39, 0.29) is 22.5 Å². The number of nitriles is 2. The zero-order valence-corrected chi connectivity index (χ0v) is 38.2. The van der Waals surface area contributed by atoms with E-state index in [0.717, 1.165) is 87.2 Å².